The van der Waals surface area contributed by atoms with Gasteiger partial charge >= 0.3 is 0 Å². The van der Waals surface area contributed by atoms with Crippen LogP contribution < -0.4 is 10.1 Å². The van der Waals surface area contributed by atoms with Crippen LogP contribution in [0.25, 0.3) is 0 Å². The van der Waals surface area contributed by atoms with E-state index in [-0.39, 0.29) is 0 Å². The molecule has 24 heavy (non-hydrogen) atoms. The number of aliphatic imine (C=N–C) groups is 1. The summed E-state index contributed by atoms with van der Waals surface area (Å²) >= 11 is 0. The molecule has 0 radical (unpaired) electrons. The van der Waals surface area contributed by atoms with Crippen LogP contribution in [0.5, 0.6) is 5.75 Å². The molecule has 0 aliphatic carbocycles. The Balaban J connectivity index is 1.69. The molecule has 5 heteroatoms. The van der Waals surface area contributed by atoms with Gasteiger partial charge in [0.05, 0.1) is 20.3 Å². The Morgan fingerprint density at radius 2 is 2.29 bits per heavy atom. The third-order valence-electron chi connectivity index (χ3n) is 5.13. The summed E-state index contributed by atoms with van der Waals surface area (Å²) in [5.74, 6) is 1.95. The molecule has 2 aliphatic heterocycles. The van der Waals surface area contributed by atoms with E-state index in [0.29, 0.717) is 12.0 Å². The maximum Gasteiger partial charge on any atom is 0.194 e. The number of methoxy groups -OCH3 is 1. The first kappa shape index (κ1) is 17.1. The number of rotatable bonds is 4. The van der Waals surface area contributed by atoms with E-state index < -0.39 is 0 Å². The lowest BCUT2D eigenvalue weighted by Crippen LogP contribution is -2.41. The molecule has 1 aromatic carbocycles. The van der Waals surface area contributed by atoms with Gasteiger partial charge in [-0.2, -0.15) is 0 Å². The highest BCUT2D eigenvalue weighted by molar-refractivity contribution is 5.80. The lowest BCUT2D eigenvalue weighted by atomic mass is 9.87. The fraction of sp³-hybridized carbons (Fsp3) is 0.632. The van der Waals surface area contributed by atoms with Gasteiger partial charge in [0, 0.05) is 31.7 Å². The van der Waals surface area contributed by atoms with E-state index in [1.807, 2.05) is 6.07 Å². The van der Waals surface area contributed by atoms with Gasteiger partial charge < -0.3 is 19.7 Å². The number of aryl methyl sites for hydroxylation is 1. The molecule has 2 heterocycles. The minimum Gasteiger partial charge on any atom is -0.496 e. The summed E-state index contributed by atoms with van der Waals surface area (Å²) in [4.78, 5) is 7.26. The zero-order valence-corrected chi connectivity index (χ0v) is 15.1. The zero-order chi connectivity index (χ0) is 17.0. The van der Waals surface area contributed by atoms with Gasteiger partial charge in [-0.05, 0) is 43.9 Å². The minimum absolute atomic E-state index is 0.354. The fourth-order valence-corrected chi connectivity index (χ4v) is 3.72. The summed E-state index contributed by atoms with van der Waals surface area (Å²) in [6.45, 7) is 9.71. The van der Waals surface area contributed by atoms with E-state index in [1.54, 1.807) is 7.11 Å². The van der Waals surface area contributed by atoms with Gasteiger partial charge in [-0.3, -0.25) is 0 Å². The van der Waals surface area contributed by atoms with Gasteiger partial charge in [-0.1, -0.05) is 12.1 Å². The standard InChI is InChI=1S/C19H29N3O2/c1-4-20-18(22-9-7-19(13-22)8-10-24-14-19)21-12-16-5-6-17(23-3)15(2)11-16/h5-6,11H,4,7-10,12-14H2,1-3H3,(H,20,21). The van der Waals surface area contributed by atoms with E-state index >= 15 is 0 Å². The second kappa shape index (κ2) is 7.43. The van der Waals surface area contributed by atoms with Crippen LogP contribution in [0.1, 0.15) is 30.9 Å². The summed E-state index contributed by atoms with van der Waals surface area (Å²) in [7, 11) is 1.71. The highest BCUT2D eigenvalue weighted by Gasteiger charge is 2.42. The molecule has 1 atom stereocenters. The molecule has 2 saturated heterocycles. The molecule has 1 aromatic rings. The Bertz CT molecular complexity index is 594. The quantitative estimate of drug-likeness (QED) is 0.680. The van der Waals surface area contributed by atoms with Crippen molar-refractivity contribution in [2.75, 3.05) is 40.0 Å². The normalized spacial score (nSPS) is 24.0. The average Bonchev–Trinajstić information content (AvgIpc) is 3.22. The number of ether oxygens (including phenoxy) is 2. The molecule has 5 nitrogen and oxygen atoms in total. The molecule has 2 aliphatic rings. The largest absolute Gasteiger partial charge is 0.496 e. The Labute approximate surface area is 145 Å². The number of likely N-dealkylation sites (tertiary alicyclic amines) is 1. The smallest absolute Gasteiger partial charge is 0.194 e. The van der Waals surface area contributed by atoms with Crippen LogP contribution in [-0.2, 0) is 11.3 Å². The number of guanidine groups is 1. The van der Waals surface area contributed by atoms with Crippen molar-refractivity contribution in [1.29, 1.82) is 0 Å². The summed E-state index contributed by atoms with van der Waals surface area (Å²) in [6.07, 6.45) is 2.39. The molecule has 132 valence electrons. The fourth-order valence-electron chi connectivity index (χ4n) is 3.72. The maximum absolute atomic E-state index is 5.64. The van der Waals surface area contributed by atoms with Crippen LogP contribution in [0, 0.1) is 12.3 Å². The second-order valence-electron chi connectivity index (χ2n) is 6.95. The van der Waals surface area contributed by atoms with Crippen LogP contribution in [0.15, 0.2) is 23.2 Å². The van der Waals surface area contributed by atoms with E-state index in [9.17, 15) is 0 Å². The summed E-state index contributed by atoms with van der Waals surface area (Å²) in [5, 5.41) is 3.45. The molecule has 2 fully saturated rings. The van der Waals surface area contributed by atoms with Gasteiger partial charge in [0.25, 0.3) is 0 Å². The Morgan fingerprint density at radius 3 is 2.96 bits per heavy atom. The van der Waals surface area contributed by atoms with Gasteiger partial charge in [0.1, 0.15) is 5.75 Å². The van der Waals surface area contributed by atoms with Crippen molar-refractivity contribution in [3.05, 3.63) is 29.3 Å². The lowest BCUT2D eigenvalue weighted by molar-refractivity contribution is 0.156. The number of hydrogen-bond donors (Lipinski definition) is 1. The first-order valence-corrected chi connectivity index (χ1v) is 8.90. The van der Waals surface area contributed by atoms with Crippen LogP contribution in [0.3, 0.4) is 0 Å². The molecule has 0 aromatic heterocycles. The van der Waals surface area contributed by atoms with E-state index in [4.69, 9.17) is 14.5 Å². The Hall–Kier alpha value is -1.75. The van der Waals surface area contributed by atoms with Crippen molar-refractivity contribution in [1.82, 2.24) is 10.2 Å². The first-order chi connectivity index (χ1) is 11.7. The average molecular weight is 331 g/mol. The van der Waals surface area contributed by atoms with E-state index in [1.165, 1.54) is 18.4 Å². The predicted molar refractivity (Wildman–Crippen MR) is 96.6 cm³/mol. The molecule has 0 bridgehead atoms. The highest BCUT2D eigenvalue weighted by atomic mass is 16.5. The minimum atomic E-state index is 0.354. The van der Waals surface area contributed by atoms with E-state index in [2.05, 4.69) is 36.2 Å². The van der Waals surface area contributed by atoms with Crippen molar-refractivity contribution >= 4 is 5.96 Å². The highest BCUT2D eigenvalue weighted by Crippen LogP contribution is 2.38. The second-order valence-corrected chi connectivity index (χ2v) is 6.95. The third-order valence-corrected chi connectivity index (χ3v) is 5.13. The van der Waals surface area contributed by atoms with Gasteiger partial charge in [-0.15, -0.1) is 0 Å². The zero-order valence-electron chi connectivity index (χ0n) is 15.1. The van der Waals surface area contributed by atoms with Crippen molar-refractivity contribution in [3.63, 3.8) is 0 Å². The molecule has 1 N–H and O–H groups in total. The van der Waals surface area contributed by atoms with E-state index in [0.717, 1.165) is 50.1 Å². The molecule has 0 amide bonds. The Kier molecular flexibility index (Phi) is 5.29. The Morgan fingerprint density at radius 1 is 1.42 bits per heavy atom. The summed E-state index contributed by atoms with van der Waals surface area (Å²) in [5.41, 5.74) is 2.72. The van der Waals surface area contributed by atoms with Gasteiger partial charge in [0.15, 0.2) is 5.96 Å². The SMILES string of the molecule is CCNC(=NCc1ccc(OC)c(C)c1)N1CCC2(CCOC2)C1. The van der Waals surface area contributed by atoms with Crippen LogP contribution in [0.2, 0.25) is 0 Å². The molecule has 1 unspecified atom stereocenters. The monoisotopic (exact) mass is 331 g/mol. The van der Waals surface area contributed by atoms with Crippen molar-refractivity contribution in [2.45, 2.75) is 33.2 Å². The van der Waals surface area contributed by atoms with Crippen molar-refractivity contribution < 1.29 is 9.47 Å². The lowest BCUT2D eigenvalue weighted by Gasteiger charge is -2.25. The molecular formula is C19H29N3O2. The van der Waals surface area contributed by atoms with Crippen LogP contribution in [-0.4, -0.2) is 50.8 Å². The van der Waals surface area contributed by atoms with Gasteiger partial charge in [0.2, 0.25) is 0 Å². The first-order valence-electron chi connectivity index (χ1n) is 8.90. The van der Waals surface area contributed by atoms with Gasteiger partial charge in [-0.25, -0.2) is 4.99 Å². The number of nitrogens with zero attached hydrogens (tertiary/aromatic N) is 2. The summed E-state index contributed by atoms with van der Waals surface area (Å²) in [6, 6.07) is 6.27. The third kappa shape index (κ3) is 3.66. The maximum atomic E-state index is 5.64. The van der Waals surface area contributed by atoms with Crippen molar-refractivity contribution in [2.24, 2.45) is 10.4 Å². The van der Waals surface area contributed by atoms with Crippen LogP contribution >= 0.6 is 0 Å². The number of nitrogens with one attached hydrogen (secondary N) is 1. The molecular weight excluding hydrogens is 302 g/mol. The molecule has 3 rings (SSSR count). The topological polar surface area (TPSA) is 46.1 Å². The number of hydrogen-bond acceptors (Lipinski definition) is 3. The molecule has 0 saturated carbocycles. The van der Waals surface area contributed by atoms with Crippen molar-refractivity contribution in [3.8, 4) is 5.75 Å². The predicted octanol–water partition coefficient (Wildman–Crippen LogP) is 2.58. The molecule has 1 spiro atoms. The van der Waals surface area contributed by atoms with Crippen LogP contribution in [0.4, 0.5) is 0 Å². The summed E-state index contributed by atoms with van der Waals surface area (Å²) < 4.78 is 11.0. The number of benzene rings is 1.